The first kappa shape index (κ1) is 14.7. The highest BCUT2D eigenvalue weighted by Crippen LogP contribution is 2.26. The van der Waals surface area contributed by atoms with Gasteiger partial charge in [-0.2, -0.15) is 0 Å². The zero-order chi connectivity index (χ0) is 14.7. The molecule has 1 fully saturated rings. The molecule has 4 nitrogen and oxygen atoms in total. The first-order chi connectivity index (χ1) is 10.3. The van der Waals surface area contributed by atoms with Crippen molar-refractivity contribution < 1.29 is 0 Å². The SMILES string of the molecule is CCNc1nc(CN(C)C2CCCCC2)nc2sccc12. The summed E-state index contributed by atoms with van der Waals surface area (Å²) in [5.41, 5.74) is 0. The number of hydrogen-bond donors (Lipinski definition) is 1. The fourth-order valence-corrected chi connectivity index (χ4v) is 3.93. The number of rotatable bonds is 5. The van der Waals surface area contributed by atoms with Crippen LogP contribution in [0.15, 0.2) is 11.4 Å². The van der Waals surface area contributed by atoms with E-state index in [1.165, 1.54) is 32.1 Å². The van der Waals surface area contributed by atoms with Gasteiger partial charge < -0.3 is 5.32 Å². The predicted molar refractivity (Wildman–Crippen MR) is 89.9 cm³/mol. The standard InChI is InChI=1S/C16H24N4S/c1-3-17-15-13-9-10-21-16(13)19-14(18-15)11-20(2)12-7-5-4-6-8-12/h9-10,12H,3-8,11H2,1-2H3,(H,17,18,19). The van der Waals surface area contributed by atoms with Gasteiger partial charge in [0.1, 0.15) is 16.5 Å². The number of thiophene rings is 1. The van der Waals surface area contributed by atoms with Crippen LogP contribution in [0.5, 0.6) is 0 Å². The van der Waals surface area contributed by atoms with Crippen LogP contribution in [0.2, 0.25) is 0 Å². The lowest BCUT2D eigenvalue weighted by molar-refractivity contribution is 0.181. The molecular formula is C16H24N4S. The van der Waals surface area contributed by atoms with Gasteiger partial charge in [0.25, 0.3) is 0 Å². The number of anilines is 1. The van der Waals surface area contributed by atoms with Gasteiger partial charge in [0.05, 0.1) is 11.9 Å². The fraction of sp³-hybridized carbons (Fsp3) is 0.625. The summed E-state index contributed by atoms with van der Waals surface area (Å²) in [7, 11) is 2.21. The van der Waals surface area contributed by atoms with E-state index >= 15 is 0 Å². The molecule has 2 aromatic rings. The van der Waals surface area contributed by atoms with Crippen LogP contribution in [-0.4, -0.2) is 34.5 Å². The Morgan fingerprint density at radius 1 is 1.29 bits per heavy atom. The predicted octanol–water partition coefficient (Wildman–Crippen LogP) is 3.89. The van der Waals surface area contributed by atoms with Crippen LogP contribution < -0.4 is 5.32 Å². The molecule has 0 amide bonds. The van der Waals surface area contributed by atoms with Gasteiger partial charge in [0, 0.05) is 12.6 Å². The molecule has 0 atom stereocenters. The zero-order valence-corrected chi connectivity index (χ0v) is 13.7. The summed E-state index contributed by atoms with van der Waals surface area (Å²) >= 11 is 1.69. The van der Waals surface area contributed by atoms with Crippen molar-refractivity contribution in [2.24, 2.45) is 0 Å². The van der Waals surface area contributed by atoms with E-state index in [9.17, 15) is 0 Å². The van der Waals surface area contributed by atoms with Gasteiger partial charge >= 0.3 is 0 Å². The third-order valence-electron chi connectivity index (χ3n) is 4.30. The summed E-state index contributed by atoms with van der Waals surface area (Å²) < 4.78 is 0. The lowest BCUT2D eigenvalue weighted by Crippen LogP contribution is -2.33. The van der Waals surface area contributed by atoms with E-state index in [-0.39, 0.29) is 0 Å². The zero-order valence-electron chi connectivity index (χ0n) is 12.9. The molecule has 0 saturated heterocycles. The average molecular weight is 304 g/mol. The van der Waals surface area contributed by atoms with Gasteiger partial charge in [0.2, 0.25) is 0 Å². The second-order valence-corrected chi connectivity index (χ2v) is 6.76. The van der Waals surface area contributed by atoms with Crippen molar-refractivity contribution in [3.8, 4) is 0 Å². The summed E-state index contributed by atoms with van der Waals surface area (Å²) in [4.78, 5) is 13.0. The van der Waals surface area contributed by atoms with Crippen LogP contribution in [-0.2, 0) is 6.54 Å². The molecule has 0 spiro atoms. The van der Waals surface area contributed by atoms with Gasteiger partial charge in [-0.25, -0.2) is 9.97 Å². The Bertz CT molecular complexity index is 589. The molecule has 2 heterocycles. The van der Waals surface area contributed by atoms with Crippen molar-refractivity contribution in [2.75, 3.05) is 18.9 Å². The maximum absolute atomic E-state index is 4.74. The van der Waals surface area contributed by atoms with Crippen LogP contribution >= 0.6 is 11.3 Å². The minimum atomic E-state index is 0.698. The lowest BCUT2D eigenvalue weighted by atomic mass is 9.94. The maximum Gasteiger partial charge on any atom is 0.146 e. The van der Waals surface area contributed by atoms with Crippen molar-refractivity contribution in [2.45, 2.75) is 51.6 Å². The minimum Gasteiger partial charge on any atom is -0.370 e. The van der Waals surface area contributed by atoms with E-state index < -0.39 is 0 Å². The van der Waals surface area contributed by atoms with Crippen LogP contribution in [0.3, 0.4) is 0 Å². The summed E-state index contributed by atoms with van der Waals surface area (Å²) in [6.07, 6.45) is 6.76. The van der Waals surface area contributed by atoms with Gasteiger partial charge in [-0.05, 0) is 38.3 Å². The molecule has 3 rings (SSSR count). The summed E-state index contributed by atoms with van der Waals surface area (Å²) in [5.74, 6) is 1.92. The Morgan fingerprint density at radius 2 is 2.10 bits per heavy atom. The molecule has 21 heavy (non-hydrogen) atoms. The third-order valence-corrected chi connectivity index (χ3v) is 5.11. The molecule has 0 aromatic carbocycles. The molecule has 1 saturated carbocycles. The second kappa shape index (κ2) is 6.71. The number of nitrogens with one attached hydrogen (secondary N) is 1. The van der Waals surface area contributed by atoms with E-state index in [1.54, 1.807) is 11.3 Å². The highest BCUT2D eigenvalue weighted by atomic mass is 32.1. The monoisotopic (exact) mass is 304 g/mol. The van der Waals surface area contributed by atoms with Crippen LogP contribution in [0.25, 0.3) is 10.2 Å². The number of aromatic nitrogens is 2. The van der Waals surface area contributed by atoms with E-state index in [2.05, 4.69) is 35.6 Å². The third kappa shape index (κ3) is 3.35. The van der Waals surface area contributed by atoms with Crippen LogP contribution in [0.1, 0.15) is 44.9 Å². The first-order valence-corrected chi connectivity index (χ1v) is 8.84. The van der Waals surface area contributed by atoms with E-state index in [0.29, 0.717) is 6.04 Å². The quantitative estimate of drug-likeness (QED) is 0.910. The van der Waals surface area contributed by atoms with Crippen LogP contribution in [0.4, 0.5) is 5.82 Å². The smallest absolute Gasteiger partial charge is 0.146 e. The van der Waals surface area contributed by atoms with Crippen molar-refractivity contribution in [3.05, 3.63) is 17.3 Å². The topological polar surface area (TPSA) is 41.1 Å². The Hall–Kier alpha value is -1.20. The van der Waals surface area contributed by atoms with E-state index in [0.717, 1.165) is 34.9 Å². The maximum atomic E-state index is 4.74. The normalized spacial score (nSPS) is 16.7. The van der Waals surface area contributed by atoms with Crippen molar-refractivity contribution in [1.82, 2.24) is 14.9 Å². The molecular weight excluding hydrogens is 280 g/mol. The number of nitrogens with zero attached hydrogens (tertiary/aromatic N) is 3. The Kier molecular flexibility index (Phi) is 4.70. The van der Waals surface area contributed by atoms with Gasteiger partial charge in [-0.1, -0.05) is 19.3 Å². The first-order valence-electron chi connectivity index (χ1n) is 7.96. The van der Waals surface area contributed by atoms with Gasteiger partial charge in [-0.15, -0.1) is 11.3 Å². The molecule has 0 bridgehead atoms. The summed E-state index contributed by atoms with van der Waals surface area (Å²) in [5, 5.41) is 6.60. The molecule has 1 aliphatic carbocycles. The second-order valence-electron chi connectivity index (χ2n) is 5.87. The van der Waals surface area contributed by atoms with Crippen LogP contribution in [0, 0.1) is 0 Å². The molecule has 114 valence electrons. The van der Waals surface area contributed by atoms with Crippen molar-refractivity contribution in [1.29, 1.82) is 0 Å². The summed E-state index contributed by atoms with van der Waals surface area (Å²) in [6.45, 7) is 3.84. The van der Waals surface area contributed by atoms with Gasteiger partial charge in [-0.3, -0.25) is 4.90 Å². The highest BCUT2D eigenvalue weighted by molar-refractivity contribution is 7.16. The largest absolute Gasteiger partial charge is 0.370 e. The summed E-state index contributed by atoms with van der Waals surface area (Å²) in [6, 6.07) is 2.80. The minimum absolute atomic E-state index is 0.698. The van der Waals surface area contributed by atoms with Crippen molar-refractivity contribution >= 4 is 27.4 Å². The fourth-order valence-electron chi connectivity index (χ4n) is 3.15. The number of hydrogen-bond acceptors (Lipinski definition) is 5. The Morgan fingerprint density at radius 3 is 2.86 bits per heavy atom. The Balaban J connectivity index is 1.79. The molecule has 2 aromatic heterocycles. The van der Waals surface area contributed by atoms with E-state index in [1.807, 2.05) is 0 Å². The molecule has 1 N–H and O–H groups in total. The lowest BCUT2D eigenvalue weighted by Gasteiger charge is -2.30. The molecule has 5 heteroatoms. The number of fused-ring (bicyclic) bond motifs is 1. The van der Waals surface area contributed by atoms with Crippen molar-refractivity contribution in [3.63, 3.8) is 0 Å². The highest BCUT2D eigenvalue weighted by Gasteiger charge is 2.19. The van der Waals surface area contributed by atoms with E-state index in [4.69, 9.17) is 9.97 Å². The van der Waals surface area contributed by atoms with Gasteiger partial charge in [0.15, 0.2) is 0 Å². The molecule has 1 aliphatic rings. The molecule has 0 radical (unpaired) electrons. The average Bonchev–Trinajstić information content (AvgIpc) is 2.97. The molecule has 0 unspecified atom stereocenters. The molecule has 0 aliphatic heterocycles. The Labute approximate surface area is 130 Å².